The Labute approximate surface area is 162 Å². The Bertz CT molecular complexity index is 937. The third kappa shape index (κ3) is 5.02. The molecule has 0 aliphatic heterocycles. The number of hydrogen-bond donors (Lipinski definition) is 1. The molecule has 0 atom stereocenters. The molecule has 0 amide bonds. The molecule has 0 aliphatic carbocycles. The molecular formula is C17H10F8O5. The zero-order valence-corrected chi connectivity index (χ0v) is 14.6. The fraction of sp³-hybridized carbons (Fsp3) is 0.235. The number of benzene rings is 2. The lowest BCUT2D eigenvalue weighted by Gasteiger charge is -2.21. The van der Waals surface area contributed by atoms with Gasteiger partial charge in [-0.3, -0.25) is 0 Å². The van der Waals surface area contributed by atoms with Crippen LogP contribution in [-0.4, -0.2) is 30.7 Å². The Morgan fingerprint density at radius 2 is 1.47 bits per heavy atom. The van der Waals surface area contributed by atoms with E-state index in [1.54, 1.807) is 0 Å². The molecule has 0 radical (unpaired) electrons. The van der Waals surface area contributed by atoms with Crippen LogP contribution < -0.4 is 14.2 Å². The number of methoxy groups -OCH3 is 1. The molecule has 13 heteroatoms. The van der Waals surface area contributed by atoms with Crippen LogP contribution >= 0.6 is 0 Å². The van der Waals surface area contributed by atoms with Gasteiger partial charge < -0.3 is 19.3 Å². The lowest BCUT2D eigenvalue weighted by atomic mass is 10.0. The highest BCUT2D eigenvalue weighted by molar-refractivity contribution is 5.91. The van der Waals surface area contributed by atoms with Crippen LogP contribution in [0.4, 0.5) is 35.1 Å². The lowest BCUT2D eigenvalue weighted by molar-refractivity contribution is -0.289. The minimum atomic E-state index is -5.97. The molecule has 30 heavy (non-hydrogen) atoms. The summed E-state index contributed by atoms with van der Waals surface area (Å²) in [6.07, 6.45) is -11.0. The number of carboxylic acid groups (broad SMARTS) is 1. The van der Waals surface area contributed by atoms with Crippen molar-refractivity contribution in [2.24, 2.45) is 0 Å². The first kappa shape index (κ1) is 23.0. The average molecular weight is 446 g/mol. The van der Waals surface area contributed by atoms with Crippen LogP contribution in [0.2, 0.25) is 0 Å². The van der Waals surface area contributed by atoms with Gasteiger partial charge in [-0.1, -0.05) is 0 Å². The van der Waals surface area contributed by atoms with Crippen LogP contribution in [0.25, 0.3) is 0 Å². The van der Waals surface area contributed by atoms with Gasteiger partial charge in [0.05, 0.1) is 7.11 Å². The normalized spacial score (nSPS) is 12.4. The van der Waals surface area contributed by atoms with Crippen molar-refractivity contribution in [2.75, 3.05) is 7.11 Å². The highest BCUT2D eigenvalue weighted by Gasteiger charge is 2.58. The SMILES string of the molecule is COc1cc(OC(F)(F)F)ccc1Oc1ccc(C(F)(F)C(F)(F)F)cc1C(=O)O. The topological polar surface area (TPSA) is 65.0 Å². The van der Waals surface area contributed by atoms with Gasteiger partial charge in [0, 0.05) is 11.6 Å². The van der Waals surface area contributed by atoms with E-state index in [1.165, 1.54) is 0 Å². The third-order valence-corrected chi connectivity index (χ3v) is 3.52. The second-order valence-electron chi connectivity index (χ2n) is 5.55. The quantitative estimate of drug-likeness (QED) is 0.574. The van der Waals surface area contributed by atoms with Gasteiger partial charge in [-0.25, -0.2) is 4.79 Å². The van der Waals surface area contributed by atoms with Crippen molar-refractivity contribution >= 4 is 5.97 Å². The van der Waals surface area contributed by atoms with Crippen LogP contribution in [0.1, 0.15) is 15.9 Å². The molecule has 164 valence electrons. The summed E-state index contributed by atoms with van der Waals surface area (Å²) < 4.78 is 115. The van der Waals surface area contributed by atoms with E-state index in [0.717, 1.165) is 25.3 Å². The van der Waals surface area contributed by atoms with Gasteiger partial charge in [0.1, 0.15) is 17.1 Å². The Kier molecular flexibility index (Phi) is 6.05. The van der Waals surface area contributed by atoms with Crippen molar-refractivity contribution in [3.8, 4) is 23.0 Å². The number of aromatic carboxylic acids is 1. The molecule has 0 bridgehead atoms. The van der Waals surface area contributed by atoms with Gasteiger partial charge in [0.25, 0.3) is 0 Å². The van der Waals surface area contributed by atoms with Crippen LogP contribution in [0.5, 0.6) is 23.0 Å². The molecule has 0 saturated heterocycles. The maximum atomic E-state index is 13.5. The molecule has 2 rings (SSSR count). The zero-order valence-electron chi connectivity index (χ0n) is 14.6. The van der Waals surface area contributed by atoms with E-state index >= 15 is 0 Å². The highest BCUT2D eigenvalue weighted by Crippen LogP contribution is 2.45. The molecule has 0 aromatic heterocycles. The van der Waals surface area contributed by atoms with Gasteiger partial charge in [-0.2, -0.15) is 22.0 Å². The second kappa shape index (κ2) is 7.88. The van der Waals surface area contributed by atoms with Crippen molar-refractivity contribution in [3.05, 3.63) is 47.5 Å². The van der Waals surface area contributed by atoms with E-state index in [-0.39, 0.29) is 17.6 Å². The Morgan fingerprint density at radius 3 is 1.97 bits per heavy atom. The van der Waals surface area contributed by atoms with Crippen LogP contribution in [-0.2, 0) is 5.92 Å². The smallest absolute Gasteiger partial charge is 0.493 e. The summed E-state index contributed by atoms with van der Waals surface area (Å²) in [5, 5.41) is 9.15. The third-order valence-electron chi connectivity index (χ3n) is 3.52. The largest absolute Gasteiger partial charge is 0.573 e. The maximum Gasteiger partial charge on any atom is 0.573 e. The number of carbonyl (C=O) groups is 1. The first-order valence-electron chi connectivity index (χ1n) is 7.59. The van der Waals surface area contributed by atoms with Crippen molar-refractivity contribution < 1.29 is 59.2 Å². The zero-order chi connectivity index (χ0) is 22.9. The number of ether oxygens (including phenoxy) is 3. The number of hydrogen-bond acceptors (Lipinski definition) is 4. The van der Waals surface area contributed by atoms with E-state index < -0.39 is 47.1 Å². The predicted octanol–water partition coefficient (Wildman–Crippen LogP) is 5.74. The van der Waals surface area contributed by atoms with E-state index in [9.17, 15) is 39.9 Å². The highest BCUT2D eigenvalue weighted by atomic mass is 19.4. The molecular weight excluding hydrogens is 436 g/mol. The van der Waals surface area contributed by atoms with Crippen LogP contribution in [0.15, 0.2) is 36.4 Å². The van der Waals surface area contributed by atoms with Crippen molar-refractivity contribution in [2.45, 2.75) is 18.5 Å². The Hall–Kier alpha value is -3.25. The van der Waals surface area contributed by atoms with Crippen molar-refractivity contribution in [1.29, 1.82) is 0 Å². The minimum Gasteiger partial charge on any atom is -0.493 e. The summed E-state index contributed by atoms with van der Waals surface area (Å²) in [6.45, 7) is 0. The molecule has 0 fully saturated rings. The number of carboxylic acids is 1. The lowest BCUT2D eigenvalue weighted by Crippen LogP contribution is -2.33. The summed E-state index contributed by atoms with van der Waals surface area (Å²) in [5.41, 5.74) is -2.69. The molecule has 1 N–H and O–H groups in total. The standard InChI is InChI=1S/C17H10F8O5/c1-28-13-7-9(30-17(23,24)25)3-5-12(13)29-11-4-2-8(6-10(11)14(26)27)15(18,19)16(20,21)22/h2-7H,1H3,(H,26,27). The van der Waals surface area contributed by atoms with E-state index in [2.05, 4.69) is 4.74 Å². The fourth-order valence-electron chi connectivity index (χ4n) is 2.19. The molecule has 0 saturated carbocycles. The summed E-state index contributed by atoms with van der Waals surface area (Å²) in [4.78, 5) is 11.3. The van der Waals surface area contributed by atoms with Gasteiger partial charge in [0.15, 0.2) is 11.5 Å². The first-order valence-corrected chi connectivity index (χ1v) is 7.59. The fourth-order valence-corrected chi connectivity index (χ4v) is 2.19. The minimum absolute atomic E-state index is 0.0821. The van der Waals surface area contributed by atoms with Gasteiger partial charge in [-0.15, -0.1) is 13.2 Å². The first-order chi connectivity index (χ1) is 13.7. The van der Waals surface area contributed by atoms with Gasteiger partial charge in [0.2, 0.25) is 0 Å². The summed E-state index contributed by atoms with van der Waals surface area (Å²) >= 11 is 0. The average Bonchev–Trinajstić information content (AvgIpc) is 2.60. The second-order valence-corrected chi connectivity index (χ2v) is 5.55. The van der Waals surface area contributed by atoms with Gasteiger partial charge >= 0.3 is 24.4 Å². The maximum absolute atomic E-state index is 13.5. The summed E-state index contributed by atoms with van der Waals surface area (Å²) in [7, 11) is 1.03. The van der Waals surface area contributed by atoms with Crippen LogP contribution in [0, 0.1) is 0 Å². The summed E-state index contributed by atoms with van der Waals surface area (Å²) in [6, 6.07) is 3.37. The monoisotopic (exact) mass is 446 g/mol. The van der Waals surface area contributed by atoms with Crippen LogP contribution in [0.3, 0.4) is 0 Å². The number of halogens is 8. The summed E-state index contributed by atoms with van der Waals surface area (Å²) in [5.74, 6) is -9.30. The molecule has 2 aromatic rings. The van der Waals surface area contributed by atoms with Crippen molar-refractivity contribution in [3.63, 3.8) is 0 Å². The predicted molar refractivity (Wildman–Crippen MR) is 83.1 cm³/mol. The molecule has 0 spiro atoms. The molecule has 5 nitrogen and oxygen atoms in total. The molecule has 0 aliphatic rings. The Balaban J connectivity index is 2.44. The number of rotatable bonds is 6. The molecule has 2 aromatic carbocycles. The van der Waals surface area contributed by atoms with Gasteiger partial charge in [-0.05, 0) is 30.3 Å². The van der Waals surface area contributed by atoms with E-state index in [4.69, 9.17) is 14.6 Å². The van der Waals surface area contributed by atoms with E-state index in [0.29, 0.717) is 12.1 Å². The Morgan fingerprint density at radius 1 is 0.867 bits per heavy atom. The van der Waals surface area contributed by atoms with Crippen molar-refractivity contribution in [1.82, 2.24) is 0 Å². The van der Waals surface area contributed by atoms with E-state index in [1.807, 2.05) is 0 Å². The number of alkyl halides is 8. The molecule has 0 heterocycles. The molecule has 0 unspecified atom stereocenters.